The number of aromatic hydroxyl groups is 1. The van der Waals surface area contributed by atoms with Gasteiger partial charge in [-0.15, -0.1) is 0 Å². The molecule has 1 amide bonds. The van der Waals surface area contributed by atoms with Crippen molar-refractivity contribution >= 4 is 21.8 Å². The molecule has 0 fully saturated rings. The van der Waals surface area contributed by atoms with Gasteiger partial charge in [0.15, 0.2) is 6.10 Å². The van der Waals surface area contributed by atoms with Crippen LogP contribution in [-0.2, 0) is 0 Å². The number of aliphatic hydroxyl groups excluding tert-OH is 1. The van der Waals surface area contributed by atoms with Crippen molar-refractivity contribution in [3.8, 4) is 5.75 Å². The van der Waals surface area contributed by atoms with Crippen molar-refractivity contribution in [2.45, 2.75) is 12.3 Å². The van der Waals surface area contributed by atoms with Gasteiger partial charge in [0.1, 0.15) is 11.6 Å². The molecule has 0 heterocycles. The number of nitrogens with one attached hydrogen (secondary N) is 1. The number of hydrogen-bond acceptors (Lipinski definition) is 3. The van der Waals surface area contributed by atoms with E-state index in [1.807, 2.05) is 0 Å². The van der Waals surface area contributed by atoms with Gasteiger partial charge in [0.2, 0.25) is 0 Å². The van der Waals surface area contributed by atoms with Crippen LogP contribution in [0.1, 0.15) is 10.4 Å². The molecule has 0 saturated heterocycles. The lowest BCUT2D eigenvalue weighted by Gasteiger charge is -2.15. The lowest BCUT2D eigenvalue weighted by Crippen LogP contribution is -2.40. The maximum Gasteiger partial charge on any atom is 0.416 e. The maximum absolute atomic E-state index is 13.0. The van der Waals surface area contributed by atoms with Gasteiger partial charge in [0.25, 0.3) is 5.91 Å². The second kappa shape index (κ2) is 5.74. The predicted molar refractivity (Wildman–Crippen MR) is 60.2 cm³/mol. The van der Waals surface area contributed by atoms with Crippen LogP contribution in [0.3, 0.4) is 0 Å². The fraction of sp³-hybridized carbons (Fsp3) is 0.300. The van der Waals surface area contributed by atoms with Crippen LogP contribution in [0.15, 0.2) is 16.6 Å². The summed E-state index contributed by atoms with van der Waals surface area (Å²) >= 11 is 2.78. The summed E-state index contributed by atoms with van der Waals surface area (Å²) in [5.41, 5.74) is -0.541. The fourth-order valence-electron chi connectivity index (χ4n) is 1.14. The first-order valence-corrected chi connectivity index (χ1v) is 5.63. The van der Waals surface area contributed by atoms with Crippen molar-refractivity contribution in [1.29, 1.82) is 0 Å². The van der Waals surface area contributed by atoms with Crippen LogP contribution in [0.4, 0.5) is 17.6 Å². The molecule has 9 heteroatoms. The van der Waals surface area contributed by atoms with Crippen LogP contribution in [0.2, 0.25) is 0 Å². The summed E-state index contributed by atoms with van der Waals surface area (Å²) < 4.78 is 48.9. The molecule has 1 aromatic carbocycles. The number of amides is 1. The molecule has 0 saturated carbocycles. The number of alkyl halides is 3. The van der Waals surface area contributed by atoms with E-state index in [1.165, 1.54) is 0 Å². The monoisotopic (exact) mass is 345 g/mol. The Hall–Kier alpha value is -1.35. The third-order valence-corrected chi connectivity index (χ3v) is 2.71. The Labute approximate surface area is 113 Å². The number of rotatable bonds is 3. The van der Waals surface area contributed by atoms with Gasteiger partial charge in [-0.3, -0.25) is 4.79 Å². The second-order valence-corrected chi connectivity index (χ2v) is 4.41. The van der Waals surface area contributed by atoms with Gasteiger partial charge in [-0.05, 0) is 28.1 Å². The van der Waals surface area contributed by atoms with Gasteiger partial charge in [-0.1, -0.05) is 0 Å². The number of benzene rings is 1. The van der Waals surface area contributed by atoms with E-state index < -0.39 is 41.9 Å². The molecule has 0 aliphatic rings. The third-order valence-electron chi connectivity index (χ3n) is 2.11. The highest BCUT2D eigenvalue weighted by atomic mass is 79.9. The highest BCUT2D eigenvalue weighted by molar-refractivity contribution is 9.10. The molecule has 19 heavy (non-hydrogen) atoms. The third kappa shape index (κ3) is 4.06. The van der Waals surface area contributed by atoms with Crippen molar-refractivity contribution in [3.63, 3.8) is 0 Å². The molecule has 0 unspecified atom stereocenters. The quantitative estimate of drug-likeness (QED) is 0.733. The molecule has 1 rings (SSSR count). The Balaban J connectivity index is 2.80. The summed E-state index contributed by atoms with van der Waals surface area (Å²) in [6, 6.07) is 1.55. The van der Waals surface area contributed by atoms with Crippen molar-refractivity contribution in [1.82, 2.24) is 5.32 Å². The van der Waals surface area contributed by atoms with Gasteiger partial charge < -0.3 is 15.5 Å². The van der Waals surface area contributed by atoms with Crippen molar-refractivity contribution in [2.24, 2.45) is 0 Å². The number of aliphatic hydroxyl groups is 1. The molecule has 1 aromatic rings. The van der Waals surface area contributed by atoms with Crippen LogP contribution >= 0.6 is 15.9 Å². The zero-order chi connectivity index (χ0) is 14.8. The minimum atomic E-state index is -4.88. The first kappa shape index (κ1) is 15.7. The number of carbonyl (C=O) groups is 1. The average molecular weight is 346 g/mol. The minimum absolute atomic E-state index is 0.117. The molecule has 0 aromatic heterocycles. The van der Waals surface area contributed by atoms with Crippen LogP contribution in [0, 0.1) is 5.82 Å². The van der Waals surface area contributed by atoms with Crippen LogP contribution in [-0.4, -0.2) is 34.9 Å². The van der Waals surface area contributed by atoms with Gasteiger partial charge in [-0.25, -0.2) is 4.39 Å². The minimum Gasteiger partial charge on any atom is -0.506 e. The van der Waals surface area contributed by atoms with E-state index in [2.05, 4.69) is 15.9 Å². The van der Waals surface area contributed by atoms with Crippen LogP contribution < -0.4 is 5.32 Å². The first-order chi connectivity index (χ1) is 8.62. The number of halogens is 5. The zero-order valence-corrected chi connectivity index (χ0v) is 10.7. The lowest BCUT2D eigenvalue weighted by atomic mass is 10.2. The standard InChI is InChI=1S/C10H8BrF4NO3/c11-6-2-4(12)1-5(8(6)18)9(19)16-3-7(17)10(13,14)15/h1-2,7,17-18H,3H2,(H,16,19)/t7-/m0/s1. The Morgan fingerprint density at radius 1 is 1.42 bits per heavy atom. The summed E-state index contributed by atoms with van der Waals surface area (Å²) in [5, 5.41) is 19.9. The topological polar surface area (TPSA) is 69.6 Å². The lowest BCUT2D eigenvalue weighted by molar-refractivity contribution is -0.201. The molecule has 0 aliphatic carbocycles. The summed E-state index contributed by atoms with van der Waals surface area (Å²) in [6.45, 7) is -1.10. The molecule has 0 spiro atoms. The van der Waals surface area contributed by atoms with E-state index >= 15 is 0 Å². The summed E-state index contributed by atoms with van der Waals surface area (Å²) in [6.07, 6.45) is -7.62. The largest absolute Gasteiger partial charge is 0.506 e. The smallest absolute Gasteiger partial charge is 0.416 e. The second-order valence-electron chi connectivity index (χ2n) is 3.55. The van der Waals surface area contributed by atoms with E-state index in [-0.39, 0.29) is 4.47 Å². The molecule has 0 aliphatic heterocycles. The number of phenolic OH excluding ortho intramolecular Hbond substituents is 1. The van der Waals surface area contributed by atoms with Gasteiger partial charge in [0.05, 0.1) is 16.6 Å². The molecule has 0 radical (unpaired) electrons. The fourth-order valence-corrected chi connectivity index (χ4v) is 1.57. The SMILES string of the molecule is O=C(NC[C@H](O)C(F)(F)F)c1cc(F)cc(Br)c1O. The van der Waals surface area contributed by atoms with E-state index in [1.54, 1.807) is 5.32 Å². The van der Waals surface area contributed by atoms with E-state index in [4.69, 9.17) is 5.11 Å². The molecule has 0 bridgehead atoms. The summed E-state index contributed by atoms with van der Waals surface area (Å²) in [4.78, 5) is 11.5. The summed E-state index contributed by atoms with van der Waals surface area (Å²) in [7, 11) is 0. The highest BCUT2D eigenvalue weighted by Gasteiger charge is 2.38. The molecular weight excluding hydrogens is 338 g/mol. The van der Waals surface area contributed by atoms with Crippen LogP contribution in [0.5, 0.6) is 5.75 Å². The Morgan fingerprint density at radius 2 is 2.00 bits per heavy atom. The average Bonchev–Trinajstić information content (AvgIpc) is 2.28. The first-order valence-electron chi connectivity index (χ1n) is 4.84. The molecular formula is C10H8BrF4NO3. The van der Waals surface area contributed by atoms with Crippen molar-refractivity contribution in [2.75, 3.05) is 6.54 Å². The van der Waals surface area contributed by atoms with Crippen molar-refractivity contribution < 1.29 is 32.6 Å². The van der Waals surface area contributed by atoms with Crippen LogP contribution in [0.25, 0.3) is 0 Å². The Bertz CT molecular complexity index is 492. The molecule has 4 nitrogen and oxygen atoms in total. The van der Waals surface area contributed by atoms with Gasteiger partial charge >= 0.3 is 6.18 Å². The molecule has 3 N–H and O–H groups in total. The molecule has 1 atom stereocenters. The molecule has 106 valence electrons. The predicted octanol–water partition coefficient (Wildman–Crippen LogP) is 1.95. The summed E-state index contributed by atoms with van der Waals surface area (Å²) in [5.74, 6) is -2.60. The number of hydrogen-bond donors (Lipinski definition) is 3. The van der Waals surface area contributed by atoms with E-state index in [0.29, 0.717) is 6.07 Å². The maximum atomic E-state index is 13.0. The zero-order valence-electron chi connectivity index (χ0n) is 9.13. The van der Waals surface area contributed by atoms with E-state index in [9.17, 15) is 27.5 Å². The highest BCUT2D eigenvalue weighted by Crippen LogP contribution is 2.29. The van der Waals surface area contributed by atoms with Crippen molar-refractivity contribution in [3.05, 3.63) is 28.0 Å². The van der Waals surface area contributed by atoms with Gasteiger partial charge in [-0.2, -0.15) is 13.2 Å². The van der Waals surface area contributed by atoms with E-state index in [0.717, 1.165) is 6.07 Å². The Kier molecular flexibility index (Phi) is 4.75. The normalized spacial score (nSPS) is 13.2. The Morgan fingerprint density at radius 3 is 2.53 bits per heavy atom. The number of phenols is 1. The van der Waals surface area contributed by atoms with Gasteiger partial charge in [0, 0.05) is 0 Å². The number of carbonyl (C=O) groups excluding carboxylic acids is 1.